The zero-order valence-corrected chi connectivity index (χ0v) is 13.5. The van der Waals surface area contributed by atoms with Gasteiger partial charge in [-0.1, -0.05) is 0 Å². The maximum Gasteiger partial charge on any atom is 0.293 e. The van der Waals surface area contributed by atoms with Crippen LogP contribution in [0.3, 0.4) is 0 Å². The highest BCUT2D eigenvalue weighted by molar-refractivity contribution is 5.37. The predicted octanol–water partition coefficient (Wildman–Crippen LogP) is 1.72. The minimum absolute atomic E-state index is 0.0124. The van der Waals surface area contributed by atoms with Crippen molar-refractivity contribution >= 4 is 5.82 Å². The number of fused-ring (bicyclic) bond motifs is 2. The number of rotatable bonds is 2. The van der Waals surface area contributed by atoms with Gasteiger partial charge in [-0.05, 0) is 46.5 Å². The van der Waals surface area contributed by atoms with Crippen molar-refractivity contribution in [2.45, 2.75) is 70.1 Å². The first-order valence-electron chi connectivity index (χ1n) is 7.93. The highest BCUT2D eigenvalue weighted by Gasteiger charge is 2.36. The summed E-state index contributed by atoms with van der Waals surface area (Å²) < 4.78 is 1.78. The molecule has 0 radical (unpaired) electrons. The lowest BCUT2D eigenvalue weighted by molar-refractivity contribution is 0.349. The van der Waals surface area contributed by atoms with Crippen LogP contribution >= 0.6 is 0 Å². The Hall–Kier alpha value is -1.36. The van der Waals surface area contributed by atoms with Gasteiger partial charge in [-0.2, -0.15) is 0 Å². The Kier molecular flexibility index (Phi) is 3.56. The number of nitrogens with zero attached hydrogens (tertiary/aromatic N) is 3. The molecule has 2 aliphatic heterocycles. The van der Waals surface area contributed by atoms with Gasteiger partial charge in [0.1, 0.15) is 0 Å². The molecular weight excluding hydrogens is 264 g/mol. The largest absolute Gasteiger partial charge is 0.352 e. The molecule has 5 nitrogen and oxygen atoms in total. The normalized spacial score (nSPS) is 28.7. The van der Waals surface area contributed by atoms with Crippen LogP contribution in [0.2, 0.25) is 0 Å². The second-order valence-electron chi connectivity index (χ2n) is 7.47. The van der Waals surface area contributed by atoms with Gasteiger partial charge in [0.05, 0.1) is 0 Å². The molecule has 0 amide bonds. The lowest BCUT2D eigenvalue weighted by Gasteiger charge is -2.36. The van der Waals surface area contributed by atoms with E-state index in [0.717, 1.165) is 12.8 Å². The van der Waals surface area contributed by atoms with E-state index in [1.54, 1.807) is 17.0 Å². The Morgan fingerprint density at radius 2 is 1.90 bits per heavy atom. The van der Waals surface area contributed by atoms with Crippen molar-refractivity contribution in [3.8, 4) is 0 Å². The minimum atomic E-state index is -0.219. The first-order valence-corrected chi connectivity index (χ1v) is 7.93. The maximum atomic E-state index is 12.7. The smallest absolute Gasteiger partial charge is 0.293 e. The third-order valence-electron chi connectivity index (χ3n) is 4.88. The SMILES string of the molecule is CN(c1nccn(C(C)(C)C)c1=O)C1CC2CCC(C1)N2. The van der Waals surface area contributed by atoms with Crippen LogP contribution in [0.4, 0.5) is 5.82 Å². The molecule has 0 aromatic carbocycles. The molecule has 1 aromatic heterocycles. The van der Waals surface area contributed by atoms with Crippen LogP contribution in [0.1, 0.15) is 46.5 Å². The van der Waals surface area contributed by atoms with Gasteiger partial charge in [-0.3, -0.25) is 4.79 Å². The van der Waals surface area contributed by atoms with Crippen LogP contribution in [0.25, 0.3) is 0 Å². The van der Waals surface area contributed by atoms with Crippen molar-refractivity contribution < 1.29 is 0 Å². The van der Waals surface area contributed by atoms with E-state index in [1.165, 1.54) is 12.8 Å². The number of anilines is 1. The van der Waals surface area contributed by atoms with Crippen molar-refractivity contribution in [3.63, 3.8) is 0 Å². The van der Waals surface area contributed by atoms with Crippen LogP contribution in [0, 0.1) is 0 Å². The van der Waals surface area contributed by atoms with Crippen LogP contribution < -0.4 is 15.8 Å². The lowest BCUT2D eigenvalue weighted by atomic mass is 9.98. The molecule has 3 rings (SSSR count). The first kappa shape index (κ1) is 14.6. The topological polar surface area (TPSA) is 50.2 Å². The van der Waals surface area contributed by atoms with Gasteiger partial charge >= 0.3 is 0 Å². The summed E-state index contributed by atoms with van der Waals surface area (Å²) in [5.41, 5.74) is -0.207. The van der Waals surface area contributed by atoms with Crippen molar-refractivity contribution in [3.05, 3.63) is 22.7 Å². The Morgan fingerprint density at radius 3 is 2.48 bits per heavy atom. The molecule has 21 heavy (non-hydrogen) atoms. The molecular formula is C16H26N4O. The highest BCUT2D eigenvalue weighted by atomic mass is 16.1. The number of hydrogen-bond donors (Lipinski definition) is 1. The van der Waals surface area contributed by atoms with Crippen LogP contribution in [0.15, 0.2) is 17.2 Å². The van der Waals surface area contributed by atoms with Gasteiger partial charge < -0.3 is 14.8 Å². The number of hydrogen-bond acceptors (Lipinski definition) is 4. The number of aromatic nitrogens is 2. The summed E-state index contributed by atoms with van der Waals surface area (Å²) >= 11 is 0. The fourth-order valence-electron chi connectivity index (χ4n) is 3.69. The quantitative estimate of drug-likeness (QED) is 0.901. The first-order chi connectivity index (χ1) is 9.86. The summed E-state index contributed by atoms with van der Waals surface area (Å²) in [6.07, 6.45) is 8.28. The maximum absolute atomic E-state index is 12.7. The molecule has 2 aliphatic rings. The number of nitrogens with one attached hydrogen (secondary N) is 1. The van der Waals surface area contributed by atoms with Crippen molar-refractivity contribution in [2.75, 3.05) is 11.9 Å². The molecule has 2 atom stereocenters. The van der Waals surface area contributed by atoms with Crippen LogP contribution in [-0.4, -0.2) is 34.7 Å². The molecule has 0 spiro atoms. The Balaban J connectivity index is 1.88. The molecule has 1 aromatic rings. The molecule has 2 fully saturated rings. The van der Waals surface area contributed by atoms with E-state index < -0.39 is 0 Å². The third kappa shape index (κ3) is 2.71. The summed E-state index contributed by atoms with van der Waals surface area (Å²) in [5, 5.41) is 3.65. The van der Waals surface area contributed by atoms with Gasteiger partial charge in [-0.15, -0.1) is 0 Å². The molecule has 3 heterocycles. The molecule has 116 valence electrons. The van der Waals surface area contributed by atoms with E-state index in [0.29, 0.717) is 23.9 Å². The summed E-state index contributed by atoms with van der Waals surface area (Å²) in [5.74, 6) is 0.582. The average Bonchev–Trinajstić information content (AvgIpc) is 2.75. The molecule has 2 bridgehead atoms. The van der Waals surface area contributed by atoms with E-state index in [2.05, 4.69) is 15.2 Å². The van der Waals surface area contributed by atoms with Gasteiger partial charge in [0.15, 0.2) is 5.82 Å². The Bertz CT molecular complexity index is 562. The second-order valence-corrected chi connectivity index (χ2v) is 7.47. The molecule has 2 unspecified atom stereocenters. The predicted molar refractivity (Wildman–Crippen MR) is 84.9 cm³/mol. The lowest BCUT2D eigenvalue weighted by Crippen LogP contribution is -2.49. The summed E-state index contributed by atoms with van der Waals surface area (Å²) in [4.78, 5) is 19.2. The minimum Gasteiger partial charge on any atom is -0.352 e. The Labute approximate surface area is 126 Å². The van der Waals surface area contributed by atoms with Gasteiger partial charge in [0, 0.05) is 43.1 Å². The highest BCUT2D eigenvalue weighted by Crippen LogP contribution is 2.30. The molecule has 0 saturated carbocycles. The zero-order valence-electron chi connectivity index (χ0n) is 13.5. The zero-order chi connectivity index (χ0) is 15.2. The van der Waals surface area contributed by atoms with Gasteiger partial charge in [0.25, 0.3) is 5.56 Å². The van der Waals surface area contributed by atoms with Crippen molar-refractivity contribution in [1.29, 1.82) is 0 Å². The molecule has 1 N–H and O–H groups in total. The van der Waals surface area contributed by atoms with Gasteiger partial charge in [0.2, 0.25) is 0 Å². The molecule has 5 heteroatoms. The van der Waals surface area contributed by atoms with E-state index in [1.807, 2.05) is 27.8 Å². The fraction of sp³-hybridized carbons (Fsp3) is 0.750. The molecule has 2 saturated heterocycles. The van der Waals surface area contributed by atoms with E-state index in [-0.39, 0.29) is 11.1 Å². The van der Waals surface area contributed by atoms with E-state index >= 15 is 0 Å². The fourth-order valence-corrected chi connectivity index (χ4v) is 3.69. The van der Waals surface area contributed by atoms with Gasteiger partial charge in [-0.25, -0.2) is 4.98 Å². The summed E-state index contributed by atoms with van der Waals surface area (Å²) in [6.45, 7) is 6.13. The summed E-state index contributed by atoms with van der Waals surface area (Å²) in [6, 6.07) is 1.65. The monoisotopic (exact) mass is 290 g/mol. The number of piperidine rings is 1. The standard InChI is InChI=1S/C16H26N4O/c1-16(2,3)20-8-7-17-14(15(20)21)19(4)13-9-11-5-6-12(10-13)18-11/h7-8,11-13,18H,5-6,9-10H2,1-4H3. The second kappa shape index (κ2) is 5.13. The van der Waals surface area contributed by atoms with Crippen LogP contribution in [0.5, 0.6) is 0 Å². The van der Waals surface area contributed by atoms with Crippen LogP contribution in [-0.2, 0) is 5.54 Å². The van der Waals surface area contributed by atoms with E-state index in [9.17, 15) is 4.79 Å². The average molecular weight is 290 g/mol. The summed E-state index contributed by atoms with van der Waals surface area (Å²) in [7, 11) is 2.02. The Morgan fingerprint density at radius 1 is 1.29 bits per heavy atom. The van der Waals surface area contributed by atoms with Crippen molar-refractivity contribution in [2.24, 2.45) is 0 Å². The molecule has 0 aliphatic carbocycles. The van der Waals surface area contributed by atoms with E-state index in [4.69, 9.17) is 0 Å². The van der Waals surface area contributed by atoms with Crippen molar-refractivity contribution in [1.82, 2.24) is 14.9 Å². The third-order valence-corrected chi connectivity index (χ3v) is 4.88.